The van der Waals surface area contributed by atoms with E-state index in [0.29, 0.717) is 36.0 Å². The van der Waals surface area contributed by atoms with Crippen molar-refractivity contribution in [1.82, 2.24) is 0 Å². The number of Topliss-reactive ketones (excluding diaryl/α,β-unsaturated/α-hetero) is 1. The summed E-state index contributed by atoms with van der Waals surface area (Å²) in [5.74, 6) is 1.90. The first-order valence-corrected chi connectivity index (χ1v) is 9.19. The molecule has 0 radical (unpaired) electrons. The van der Waals surface area contributed by atoms with E-state index in [1.165, 1.54) is 0 Å². The number of fused-ring (bicyclic) bond motifs is 2. The van der Waals surface area contributed by atoms with Crippen molar-refractivity contribution in [3.05, 3.63) is 69.4 Å². The number of ketones is 1. The molecule has 6 heteroatoms. The number of hydrogen-bond donors (Lipinski definition) is 0. The zero-order valence-corrected chi connectivity index (χ0v) is 16.3. The first-order chi connectivity index (χ1) is 13.0. The summed E-state index contributed by atoms with van der Waals surface area (Å²) in [7, 11) is 0. The highest BCUT2D eigenvalue weighted by atomic mass is 79.9. The SMILES string of the molecule is C=C(C)COc1ccc2c(c1)OC(=Cc1cc(Br)cc3c1OCOC3)C2=O. The van der Waals surface area contributed by atoms with Gasteiger partial charge in [-0.05, 0) is 42.8 Å². The van der Waals surface area contributed by atoms with Crippen LogP contribution in [-0.4, -0.2) is 19.2 Å². The van der Waals surface area contributed by atoms with Crippen molar-refractivity contribution in [2.75, 3.05) is 13.4 Å². The van der Waals surface area contributed by atoms with Gasteiger partial charge in [0.25, 0.3) is 0 Å². The van der Waals surface area contributed by atoms with Crippen LogP contribution in [0.15, 0.2) is 52.7 Å². The molecule has 0 fully saturated rings. The van der Waals surface area contributed by atoms with Gasteiger partial charge >= 0.3 is 0 Å². The van der Waals surface area contributed by atoms with E-state index in [1.54, 1.807) is 24.3 Å². The second-order valence-corrected chi connectivity index (χ2v) is 7.35. The Morgan fingerprint density at radius 1 is 1.33 bits per heavy atom. The Bertz CT molecular complexity index is 977. The lowest BCUT2D eigenvalue weighted by Crippen LogP contribution is -2.12. The maximum atomic E-state index is 12.7. The molecule has 0 N–H and O–H groups in total. The third-order valence-corrected chi connectivity index (χ3v) is 4.57. The summed E-state index contributed by atoms with van der Waals surface area (Å²) in [6, 6.07) is 9.02. The van der Waals surface area contributed by atoms with Crippen molar-refractivity contribution in [3.63, 3.8) is 0 Å². The first kappa shape index (κ1) is 17.8. The summed E-state index contributed by atoms with van der Waals surface area (Å²) < 4.78 is 23.2. The zero-order valence-electron chi connectivity index (χ0n) is 14.7. The number of carbonyl (C=O) groups is 1. The number of allylic oxidation sites excluding steroid dienone is 1. The van der Waals surface area contributed by atoms with E-state index in [4.69, 9.17) is 18.9 Å². The minimum absolute atomic E-state index is 0.169. The molecule has 5 nitrogen and oxygen atoms in total. The first-order valence-electron chi connectivity index (χ1n) is 8.40. The number of rotatable bonds is 4. The van der Waals surface area contributed by atoms with Gasteiger partial charge < -0.3 is 18.9 Å². The molecule has 0 aliphatic carbocycles. The summed E-state index contributed by atoms with van der Waals surface area (Å²) in [5.41, 5.74) is 3.10. The Hall–Kier alpha value is -2.57. The predicted octanol–water partition coefficient (Wildman–Crippen LogP) is 4.89. The Morgan fingerprint density at radius 2 is 2.19 bits per heavy atom. The van der Waals surface area contributed by atoms with Crippen LogP contribution < -0.4 is 14.2 Å². The van der Waals surface area contributed by atoms with Gasteiger partial charge in [0.2, 0.25) is 5.78 Å². The Morgan fingerprint density at radius 3 is 3.00 bits per heavy atom. The quantitative estimate of drug-likeness (QED) is 0.512. The Kier molecular flexibility index (Phi) is 4.76. The van der Waals surface area contributed by atoms with Crippen LogP contribution in [0.2, 0.25) is 0 Å². The second-order valence-electron chi connectivity index (χ2n) is 6.44. The standard InChI is InChI=1S/C21H17BrO5/c1-12(2)9-25-16-3-4-17-18(8-16)27-19(20(17)23)7-13-5-15(22)6-14-10-24-11-26-21(13)14/h3-8H,1,9-11H2,2H3. The molecule has 0 spiro atoms. The average Bonchev–Trinajstić information content (AvgIpc) is 2.95. The van der Waals surface area contributed by atoms with Gasteiger partial charge in [-0.2, -0.15) is 0 Å². The molecule has 0 bridgehead atoms. The van der Waals surface area contributed by atoms with Gasteiger partial charge in [0.05, 0.1) is 12.2 Å². The molecule has 0 aromatic heterocycles. The molecule has 2 aromatic carbocycles. The van der Waals surface area contributed by atoms with Crippen LogP contribution in [0.1, 0.15) is 28.4 Å². The summed E-state index contributed by atoms with van der Waals surface area (Å²) in [6.07, 6.45) is 1.70. The van der Waals surface area contributed by atoms with Crippen molar-refractivity contribution < 1.29 is 23.7 Å². The summed E-state index contributed by atoms with van der Waals surface area (Å²) in [5, 5.41) is 0. The minimum atomic E-state index is -0.169. The average molecular weight is 429 g/mol. The summed E-state index contributed by atoms with van der Waals surface area (Å²) in [4.78, 5) is 12.7. The molecule has 27 heavy (non-hydrogen) atoms. The molecule has 2 aliphatic heterocycles. The van der Waals surface area contributed by atoms with Gasteiger partial charge in [-0.3, -0.25) is 4.79 Å². The van der Waals surface area contributed by atoms with Gasteiger partial charge in [0, 0.05) is 21.7 Å². The van der Waals surface area contributed by atoms with E-state index in [0.717, 1.165) is 21.2 Å². The van der Waals surface area contributed by atoms with Crippen LogP contribution in [0.4, 0.5) is 0 Å². The highest BCUT2D eigenvalue weighted by Crippen LogP contribution is 2.38. The van der Waals surface area contributed by atoms with Crippen molar-refractivity contribution in [1.29, 1.82) is 0 Å². The molecular weight excluding hydrogens is 412 g/mol. The summed E-state index contributed by atoms with van der Waals surface area (Å²) in [6.45, 7) is 6.76. The van der Waals surface area contributed by atoms with Gasteiger partial charge in [-0.25, -0.2) is 0 Å². The van der Waals surface area contributed by atoms with E-state index in [-0.39, 0.29) is 18.3 Å². The maximum absolute atomic E-state index is 12.7. The fourth-order valence-corrected chi connectivity index (χ4v) is 3.44. The van der Waals surface area contributed by atoms with Gasteiger partial charge in [0.1, 0.15) is 23.9 Å². The van der Waals surface area contributed by atoms with E-state index in [2.05, 4.69) is 22.5 Å². The van der Waals surface area contributed by atoms with Crippen LogP contribution >= 0.6 is 15.9 Å². The van der Waals surface area contributed by atoms with Gasteiger partial charge in [-0.1, -0.05) is 22.5 Å². The molecule has 0 unspecified atom stereocenters. The van der Waals surface area contributed by atoms with Gasteiger partial charge in [-0.15, -0.1) is 0 Å². The lowest BCUT2D eigenvalue weighted by molar-refractivity contribution is -0.0165. The number of ether oxygens (including phenoxy) is 4. The van der Waals surface area contributed by atoms with E-state index < -0.39 is 0 Å². The number of halogens is 1. The fourth-order valence-electron chi connectivity index (χ4n) is 2.92. The lowest BCUT2D eigenvalue weighted by atomic mass is 10.1. The Balaban J connectivity index is 1.65. The largest absolute Gasteiger partial charge is 0.489 e. The van der Waals surface area contributed by atoms with Crippen molar-refractivity contribution in [3.8, 4) is 17.2 Å². The highest BCUT2D eigenvalue weighted by molar-refractivity contribution is 9.10. The molecule has 2 heterocycles. The van der Waals surface area contributed by atoms with E-state index in [1.807, 2.05) is 19.1 Å². The van der Waals surface area contributed by atoms with Crippen molar-refractivity contribution >= 4 is 27.8 Å². The van der Waals surface area contributed by atoms with Crippen LogP contribution in [0.25, 0.3) is 6.08 Å². The maximum Gasteiger partial charge on any atom is 0.231 e. The number of hydrogen-bond acceptors (Lipinski definition) is 5. The van der Waals surface area contributed by atoms with E-state index >= 15 is 0 Å². The monoisotopic (exact) mass is 428 g/mol. The topological polar surface area (TPSA) is 54.0 Å². The van der Waals surface area contributed by atoms with Crippen LogP contribution in [0.3, 0.4) is 0 Å². The third-order valence-electron chi connectivity index (χ3n) is 4.12. The minimum Gasteiger partial charge on any atom is -0.489 e. The molecule has 2 aromatic rings. The predicted molar refractivity (Wildman–Crippen MR) is 104 cm³/mol. The van der Waals surface area contributed by atoms with Crippen molar-refractivity contribution in [2.24, 2.45) is 0 Å². The lowest BCUT2D eigenvalue weighted by Gasteiger charge is -2.20. The second kappa shape index (κ2) is 7.21. The molecule has 0 saturated heterocycles. The molecular formula is C21H17BrO5. The molecule has 4 rings (SSSR count). The molecule has 0 atom stereocenters. The zero-order chi connectivity index (χ0) is 19.0. The normalized spacial score (nSPS) is 16.4. The molecule has 2 aliphatic rings. The molecule has 0 amide bonds. The van der Waals surface area contributed by atoms with Crippen LogP contribution in [0.5, 0.6) is 17.2 Å². The fraction of sp³-hybridized carbons (Fsp3) is 0.190. The van der Waals surface area contributed by atoms with Gasteiger partial charge in [0.15, 0.2) is 12.6 Å². The smallest absolute Gasteiger partial charge is 0.231 e. The van der Waals surface area contributed by atoms with Crippen LogP contribution in [-0.2, 0) is 11.3 Å². The van der Waals surface area contributed by atoms with E-state index in [9.17, 15) is 4.79 Å². The molecule has 0 saturated carbocycles. The van der Waals surface area contributed by atoms with Crippen LogP contribution in [0, 0.1) is 0 Å². The number of carbonyl (C=O) groups excluding carboxylic acids is 1. The van der Waals surface area contributed by atoms with Crippen molar-refractivity contribution in [2.45, 2.75) is 13.5 Å². The molecule has 138 valence electrons. The Labute approximate surface area is 165 Å². The summed E-state index contributed by atoms with van der Waals surface area (Å²) >= 11 is 3.48. The number of benzene rings is 2. The highest BCUT2D eigenvalue weighted by Gasteiger charge is 2.28. The third kappa shape index (κ3) is 3.63.